The molecule has 1 saturated heterocycles. The first-order valence-corrected chi connectivity index (χ1v) is 16.9. The zero-order valence-corrected chi connectivity index (χ0v) is 27.4. The van der Waals surface area contributed by atoms with Gasteiger partial charge < -0.3 is 29.6 Å². The molecule has 1 atom stereocenters. The van der Waals surface area contributed by atoms with Gasteiger partial charge in [-0.25, -0.2) is 8.42 Å². The van der Waals surface area contributed by atoms with Crippen molar-refractivity contribution in [3.05, 3.63) is 48.2 Å². The van der Waals surface area contributed by atoms with Crippen molar-refractivity contribution in [2.45, 2.75) is 59.2 Å². The topological polar surface area (TPSA) is 88.1 Å². The standard InChI is InChI=1S/C31H39IN4O4S/c1-30(35(2)3)13-15-31(32,16-14-30)34-26-9-6-10-28-25(26)18-22(36(28)20-23-21-40-23)8-7-17-33-27-12-11-24(41(5,37)38)19-29(27)39-4/h6,9-12,18-19,23,33-34H,13-17,20-21H2,1-5H3. The molecular formula is C31H39IN4O4S. The van der Waals surface area contributed by atoms with Crippen molar-refractivity contribution in [1.82, 2.24) is 9.47 Å². The number of halogens is 1. The summed E-state index contributed by atoms with van der Waals surface area (Å²) in [5.41, 5.74) is 4.16. The van der Waals surface area contributed by atoms with Crippen LogP contribution in [0.2, 0.25) is 0 Å². The monoisotopic (exact) mass is 690 g/mol. The van der Waals surface area contributed by atoms with Gasteiger partial charge in [0.1, 0.15) is 5.75 Å². The first kappa shape index (κ1) is 30.0. The lowest BCUT2D eigenvalue weighted by Gasteiger charge is -2.46. The van der Waals surface area contributed by atoms with Gasteiger partial charge in [0.15, 0.2) is 9.84 Å². The molecule has 1 aliphatic carbocycles. The number of alkyl halides is 1. The molecule has 8 nitrogen and oxygen atoms in total. The number of rotatable bonds is 9. The lowest BCUT2D eigenvalue weighted by molar-refractivity contribution is 0.113. The SMILES string of the molecule is COc1cc(S(C)(=O)=O)ccc1NCC#Cc1cc2c(NC3(I)CCC(C)(N(C)C)CC3)cccc2n1CC1CO1. The van der Waals surface area contributed by atoms with Gasteiger partial charge >= 0.3 is 0 Å². The Hall–Kier alpha value is -2.46. The fraction of sp³-hybridized carbons (Fsp3) is 0.484. The maximum atomic E-state index is 11.9. The molecule has 2 heterocycles. The zero-order chi connectivity index (χ0) is 29.4. The van der Waals surface area contributed by atoms with Crippen LogP contribution in [0, 0.1) is 11.8 Å². The number of sulfone groups is 1. The van der Waals surface area contributed by atoms with E-state index < -0.39 is 9.84 Å². The van der Waals surface area contributed by atoms with Crippen molar-refractivity contribution < 1.29 is 17.9 Å². The molecule has 0 bridgehead atoms. The number of methoxy groups -OCH3 is 1. The number of hydrogen-bond acceptors (Lipinski definition) is 7. The minimum Gasteiger partial charge on any atom is -0.495 e. The highest BCUT2D eigenvalue weighted by molar-refractivity contribution is 14.1. The molecule has 2 fully saturated rings. The molecular weight excluding hydrogens is 651 g/mol. The van der Waals surface area contributed by atoms with Crippen LogP contribution in [0.5, 0.6) is 5.75 Å². The van der Waals surface area contributed by atoms with Gasteiger partial charge in [-0.2, -0.15) is 0 Å². The van der Waals surface area contributed by atoms with Crippen LogP contribution in [0.1, 0.15) is 38.3 Å². The molecule has 1 aromatic heterocycles. The quantitative estimate of drug-likeness (QED) is 0.103. The number of anilines is 2. The lowest BCUT2D eigenvalue weighted by atomic mass is 9.80. The van der Waals surface area contributed by atoms with Crippen LogP contribution in [0.25, 0.3) is 10.9 Å². The van der Waals surface area contributed by atoms with E-state index in [-0.39, 0.29) is 20.1 Å². The summed E-state index contributed by atoms with van der Waals surface area (Å²) in [5.74, 6) is 7.08. The van der Waals surface area contributed by atoms with Gasteiger partial charge in [-0.15, -0.1) is 0 Å². The van der Waals surface area contributed by atoms with Crippen LogP contribution in [0.3, 0.4) is 0 Å². The fourth-order valence-electron chi connectivity index (χ4n) is 5.39. The van der Waals surface area contributed by atoms with E-state index in [9.17, 15) is 8.42 Å². The van der Waals surface area contributed by atoms with Crippen LogP contribution >= 0.6 is 22.6 Å². The van der Waals surface area contributed by atoms with Crippen molar-refractivity contribution in [3.63, 3.8) is 0 Å². The predicted octanol–water partition coefficient (Wildman–Crippen LogP) is 5.35. The molecule has 10 heteroatoms. The van der Waals surface area contributed by atoms with Gasteiger partial charge in [-0.1, -0.05) is 34.6 Å². The number of benzene rings is 2. The normalized spacial score (nSPS) is 24.1. The van der Waals surface area contributed by atoms with Gasteiger partial charge in [0, 0.05) is 28.9 Å². The van der Waals surface area contributed by atoms with E-state index in [1.165, 1.54) is 24.8 Å². The van der Waals surface area contributed by atoms with Crippen LogP contribution in [0.15, 0.2) is 47.4 Å². The number of nitrogens with one attached hydrogen (secondary N) is 2. The van der Waals surface area contributed by atoms with E-state index in [4.69, 9.17) is 9.47 Å². The molecule has 0 spiro atoms. The van der Waals surface area contributed by atoms with E-state index >= 15 is 0 Å². The predicted molar refractivity (Wildman–Crippen MR) is 174 cm³/mol. The second-order valence-corrected chi connectivity index (χ2v) is 15.7. The first-order valence-electron chi connectivity index (χ1n) is 13.9. The summed E-state index contributed by atoms with van der Waals surface area (Å²) in [6, 6.07) is 13.4. The van der Waals surface area contributed by atoms with Gasteiger partial charge in [-0.3, -0.25) is 0 Å². The second kappa shape index (κ2) is 11.7. The van der Waals surface area contributed by atoms with E-state index in [2.05, 4.69) is 99.8 Å². The van der Waals surface area contributed by atoms with Crippen LogP contribution < -0.4 is 15.4 Å². The Labute approximate surface area is 257 Å². The van der Waals surface area contributed by atoms with Crippen molar-refractivity contribution in [1.29, 1.82) is 0 Å². The number of fused-ring (bicyclic) bond motifs is 1. The zero-order valence-electron chi connectivity index (χ0n) is 24.4. The summed E-state index contributed by atoms with van der Waals surface area (Å²) in [4.78, 5) is 2.58. The smallest absolute Gasteiger partial charge is 0.175 e. The largest absolute Gasteiger partial charge is 0.495 e. The van der Waals surface area contributed by atoms with E-state index in [1.54, 1.807) is 12.1 Å². The molecule has 41 heavy (non-hydrogen) atoms. The summed E-state index contributed by atoms with van der Waals surface area (Å²) in [6.07, 6.45) is 5.90. The maximum Gasteiger partial charge on any atom is 0.175 e. The molecule has 3 aromatic rings. The highest BCUT2D eigenvalue weighted by Gasteiger charge is 2.40. The number of ether oxygens (including phenoxy) is 2. The van der Waals surface area contributed by atoms with E-state index in [0.29, 0.717) is 18.0 Å². The average Bonchev–Trinajstić information content (AvgIpc) is 3.68. The minimum atomic E-state index is -3.32. The Balaban J connectivity index is 1.37. The van der Waals surface area contributed by atoms with Gasteiger partial charge in [0.2, 0.25) is 0 Å². The molecule has 2 N–H and O–H groups in total. The van der Waals surface area contributed by atoms with Crippen LogP contribution in [-0.4, -0.2) is 73.7 Å². The lowest BCUT2D eigenvalue weighted by Crippen LogP contribution is -2.49. The van der Waals surface area contributed by atoms with E-state index in [0.717, 1.165) is 55.7 Å². The molecule has 1 aliphatic heterocycles. The molecule has 220 valence electrons. The van der Waals surface area contributed by atoms with Crippen molar-refractivity contribution in [2.24, 2.45) is 0 Å². The molecule has 5 rings (SSSR count). The molecule has 2 aromatic carbocycles. The van der Waals surface area contributed by atoms with Crippen molar-refractivity contribution in [2.75, 3.05) is 51.2 Å². The van der Waals surface area contributed by atoms with E-state index in [1.807, 2.05) is 0 Å². The second-order valence-electron chi connectivity index (χ2n) is 11.6. The average molecular weight is 691 g/mol. The van der Waals surface area contributed by atoms with Gasteiger partial charge in [0.25, 0.3) is 0 Å². The Morgan fingerprint density at radius 1 is 1.15 bits per heavy atom. The number of epoxide rings is 1. The summed E-state index contributed by atoms with van der Waals surface area (Å²) in [7, 11) is 2.58. The third-order valence-corrected chi connectivity index (χ3v) is 10.9. The van der Waals surface area contributed by atoms with Crippen molar-refractivity contribution >= 4 is 54.7 Å². The summed E-state index contributed by atoms with van der Waals surface area (Å²) < 4.78 is 37.1. The summed E-state index contributed by atoms with van der Waals surface area (Å²) in [5, 5.41) is 8.34. The van der Waals surface area contributed by atoms with Crippen molar-refractivity contribution in [3.8, 4) is 17.6 Å². The number of hydrogen-bond donors (Lipinski definition) is 2. The summed E-state index contributed by atoms with van der Waals surface area (Å²) in [6.45, 7) is 4.28. The Morgan fingerprint density at radius 3 is 2.51 bits per heavy atom. The molecule has 2 aliphatic rings. The molecule has 1 saturated carbocycles. The number of nitrogens with zero attached hydrogens (tertiary/aromatic N) is 2. The Bertz CT molecular complexity index is 1590. The molecule has 0 radical (unpaired) electrons. The summed E-state index contributed by atoms with van der Waals surface area (Å²) >= 11 is 2.62. The highest BCUT2D eigenvalue weighted by Crippen LogP contribution is 2.44. The highest BCUT2D eigenvalue weighted by atomic mass is 127. The Morgan fingerprint density at radius 2 is 1.88 bits per heavy atom. The van der Waals surface area contributed by atoms with Crippen LogP contribution in [-0.2, 0) is 21.1 Å². The number of aromatic nitrogens is 1. The third-order valence-electron chi connectivity index (χ3n) is 8.48. The molecule has 1 unspecified atom stereocenters. The van der Waals surface area contributed by atoms with Gasteiger partial charge in [0.05, 0.1) is 58.2 Å². The molecule has 0 amide bonds. The van der Waals surface area contributed by atoms with Gasteiger partial charge in [-0.05, 0) is 83.0 Å². The maximum absolute atomic E-state index is 11.9. The van der Waals surface area contributed by atoms with Crippen LogP contribution in [0.4, 0.5) is 11.4 Å². The first-order chi connectivity index (χ1) is 19.4. The minimum absolute atomic E-state index is 0.00470. The fourth-order valence-corrected chi connectivity index (χ4v) is 6.86. The Kier molecular flexibility index (Phi) is 8.54. The third kappa shape index (κ3) is 6.79.